The van der Waals surface area contributed by atoms with Crippen LogP contribution in [0.4, 0.5) is 0 Å². The lowest BCUT2D eigenvalue weighted by Crippen LogP contribution is -2.34. The molecule has 122 valence electrons. The molecule has 1 atom stereocenters. The van der Waals surface area contributed by atoms with Crippen molar-refractivity contribution >= 4 is 0 Å². The molecule has 0 N–H and O–H groups in total. The molecule has 0 unspecified atom stereocenters. The largest absolute Gasteiger partial charge is 0.493 e. The zero-order valence-corrected chi connectivity index (χ0v) is 14.5. The van der Waals surface area contributed by atoms with Crippen LogP contribution in [0.25, 0.3) is 0 Å². The van der Waals surface area contributed by atoms with Crippen LogP contribution >= 0.6 is 0 Å². The highest BCUT2D eigenvalue weighted by molar-refractivity contribution is 5.62. The fourth-order valence-electron chi connectivity index (χ4n) is 4.11. The van der Waals surface area contributed by atoms with Crippen LogP contribution in [0.15, 0.2) is 0 Å². The van der Waals surface area contributed by atoms with Crippen LogP contribution < -0.4 is 9.47 Å². The molecule has 0 amide bonds. The van der Waals surface area contributed by atoms with Crippen molar-refractivity contribution < 1.29 is 9.47 Å². The minimum absolute atomic E-state index is 0.773. The molecule has 0 bridgehead atoms. The molecule has 1 aliphatic carbocycles. The quantitative estimate of drug-likeness (QED) is 0.829. The van der Waals surface area contributed by atoms with Crippen LogP contribution in [0.3, 0.4) is 0 Å². The second-order valence-electron chi connectivity index (χ2n) is 6.83. The number of hydrogen-bond acceptors (Lipinski definition) is 3. The zero-order chi connectivity index (χ0) is 15.7. The van der Waals surface area contributed by atoms with E-state index in [2.05, 4.69) is 18.7 Å². The van der Waals surface area contributed by atoms with Gasteiger partial charge in [0, 0.05) is 30.8 Å². The van der Waals surface area contributed by atoms with Gasteiger partial charge in [-0.3, -0.25) is 4.90 Å². The summed E-state index contributed by atoms with van der Waals surface area (Å²) >= 11 is 0. The van der Waals surface area contributed by atoms with Crippen molar-refractivity contribution in [3.63, 3.8) is 0 Å². The Labute approximate surface area is 134 Å². The molecule has 0 spiro atoms. The second-order valence-corrected chi connectivity index (χ2v) is 6.83. The van der Waals surface area contributed by atoms with Gasteiger partial charge in [-0.15, -0.1) is 0 Å². The highest BCUT2D eigenvalue weighted by atomic mass is 16.5. The summed E-state index contributed by atoms with van der Waals surface area (Å²) in [5.74, 6) is 2.78. The van der Waals surface area contributed by atoms with Crippen LogP contribution in [-0.2, 0) is 25.8 Å². The van der Waals surface area contributed by atoms with Crippen LogP contribution in [0.2, 0.25) is 0 Å². The van der Waals surface area contributed by atoms with Gasteiger partial charge in [0.05, 0.1) is 14.2 Å². The van der Waals surface area contributed by atoms with Crippen LogP contribution in [0.1, 0.15) is 48.9 Å². The third-order valence-corrected chi connectivity index (χ3v) is 5.44. The summed E-state index contributed by atoms with van der Waals surface area (Å²) in [6, 6.07) is 0. The topological polar surface area (TPSA) is 21.7 Å². The Morgan fingerprint density at radius 2 is 1.59 bits per heavy atom. The fraction of sp³-hybridized carbons (Fsp3) is 0.684. The van der Waals surface area contributed by atoms with Gasteiger partial charge in [-0.2, -0.15) is 0 Å². The van der Waals surface area contributed by atoms with E-state index in [-0.39, 0.29) is 0 Å². The highest BCUT2D eigenvalue weighted by Gasteiger charge is 2.31. The number of ether oxygens (including phenoxy) is 2. The number of nitrogens with zero attached hydrogens (tertiary/aromatic N) is 1. The maximum absolute atomic E-state index is 5.75. The van der Waals surface area contributed by atoms with Crippen LogP contribution in [0.5, 0.6) is 11.5 Å². The van der Waals surface area contributed by atoms with Gasteiger partial charge in [0.1, 0.15) is 0 Å². The normalized spacial score (nSPS) is 18.7. The van der Waals surface area contributed by atoms with E-state index in [0.717, 1.165) is 43.3 Å². The molecule has 0 aromatic heterocycles. The molecule has 1 aromatic carbocycles. The summed E-state index contributed by atoms with van der Waals surface area (Å²) in [5, 5.41) is 0. The number of methoxy groups -OCH3 is 2. The molecule has 0 saturated heterocycles. The third kappa shape index (κ3) is 2.60. The minimum Gasteiger partial charge on any atom is -0.493 e. The first-order chi connectivity index (χ1) is 10.7. The van der Waals surface area contributed by atoms with E-state index in [4.69, 9.17) is 9.47 Å². The third-order valence-electron chi connectivity index (χ3n) is 5.44. The first-order valence-corrected chi connectivity index (χ1v) is 8.69. The van der Waals surface area contributed by atoms with E-state index < -0.39 is 0 Å². The first-order valence-electron chi connectivity index (χ1n) is 8.69. The molecule has 1 aliphatic heterocycles. The molecule has 3 heteroatoms. The molecule has 0 saturated carbocycles. The summed E-state index contributed by atoms with van der Waals surface area (Å²) in [6.07, 6.45) is 5.92. The summed E-state index contributed by atoms with van der Waals surface area (Å²) in [6.45, 7) is 8.07. The van der Waals surface area contributed by atoms with E-state index in [1.165, 1.54) is 36.9 Å². The molecule has 0 fully saturated rings. The lowest BCUT2D eigenvalue weighted by Gasteiger charge is -2.33. The summed E-state index contributed by atoms with van der Waals surface area (Å²) < 4.78 is 11.5. The Hall–Kier alpha value is -1.22. The maximum Gasteiger partial charge on any atom is 0.164 e. The van der Waals surface area contributed by atoms with E-state index in [9.17, 15) is 0 Å². The molecular weight excluding hydrogens is 274 g/mol. The monoisotopic (exact) mass is 303 g/mol. The average molecular weight is 303 g/mol. The van der Waals surface area contributed by atoms with E-state index in [1.54, 1.807) is 25.3 Å². The number of fused-ring (bicyclic) bond motifs is 3. The molecule has 22 heavy (non-hydrogen) atoms. The van der Waals surface area contributed by atoms with E-state index in [1.807, 2.05) is 0 Å². The lowest BCUT2D eigenvalue weighted by molar-refractivity contribution is 0.214. The molecule has 1 heterocycles. The number of rotatable bonds is 5. The maximum atomic E-state index is 5.75. The summed E-state index contributed by atoms with van der Waals surface area (Å²) in [7, 11) is 3.56. The van der Waals surface area contributed by atoms with Crippen molar-refractivity contribution in [2.45, 2.75) is 52.5 Å². The molecule has 3 rings (SSSR count). The molecule has 1 aromatic rings. The first kappa shape index (κ1) is 15.7. The number of benzene rings is 1. The van der Waals surface area contributed by atoms with E-state index >= 15 is 0 Å². The van der Waals surface area contributed by atoms with Gasteiger partial charge in [0.15, 0.2) is 11.5 Å². The van der Waals surface area contributed by atoms with Crippen molar-refractivity contribution in [2.75, 3.05) is 27.3 Å². The van der Waals surface area contributed by atoms with Gasteiger partial charge < -0.3 is 9.47 Å². The lowest BCUT2D eigenvalue weighted by atomic mass is 9.90. The summed E-state index contributed by atoms with van der Waals surface area (Å²) in [4.78, 5) is 2.63. The Kier molecular flexibility index (Phi) is 4.62. The smallest absolute Gasteiger partial charge is 0.164 e. The molecular formula is C19H29NO2. The Balaban J connectivity index is 1.99. The second kappa shape index (κ2) is 6.49. The van der Waals surface area contributed by atoms with E-state index in [0.29, 0.717) is 0 Å². The molecule has 3 nitrogen and oxygen atoms in total. The number of hydrogen-bond donors (Lipinski definition) is 0. The van der Waals surface area contributed by atoms with Gasteiger partial charge in [-0.25, -0.2) is 0 Å². The van der Waals surface area contributed by atoms with Crippen molar-refractivity contribution in [3.05, 3.63) is 22.3 Å². The standard InChI is InChI=1S/C19H29NO2/c1-5-13(2)11-20-10-9-16-17(12-20)14-7-6-8-15(14)18(21-3)19(16)22-4/h13H,5-12H2,1-4H3/t13-/m1/s1. The van der Waals surface area contributed by atoms with Gasteiger partial charge in [-0.1, -0.05) is 20.3 Å². The summed E-state index contributed by atoms with van der Waals surface area (Å²) in [5.41, 5.74) is 5.91. The van der Waals surface area contributed by atoms with Gasteiger partial charge in [0.2, 0.25) is 0 Å². The highest BCUT2D eigenvalue weighted by Crippen LogP contribution is 2.45. The van der Waals surface area contributed by atoms with Gasteiger partial charge in [-0.05, 0) is 42.7 Å². The van der Waals surface area contributed by atoms with Crippen molar-refractivity contribution in [1.82, 2.24) is 4.90 Å². The zero-order valence-electron chi connectivity index (χ0n) is 14.5. The van der Waals surface area contributed by atoms with Crippen molar-refractivity contribution in [3.8, 4) is 11.5 Å². The molecule has 2 aliphatic rings. The van der Waals surface area contributed by atoms with Gasteiger partial charge >= 0.3 is 0 Å². The Morgan fingerprint density at radius 3 is 2.23 bits per heavy atom. The van der Waals surface area contributed by atoms with Crippen LogP contribution in [-0.4, -0.2) is 32.2 Å². The average Bonchev–Trinajstić information content (AvgIpc) is 3.02. The van der Waals surface area contributed by atoms with Crippen LogP contribution in [0, 0.1) is 5.92 Å². The predicted molar refractivity (Wildman–Crippen MR) is 90.0 cm³/mol. The van der Waals surface area contributed by atoms with Gasteiger partial charge in [0.25, 0.3) is 0 Å². The van der Waals surface area contributed by atoms with Crippen molar-refractivity contribution in [2.24, 2.45) is 5.92 Å². The fourth-order valence-corrected chi connectivity index (χ4v) is 4.11. The van der Waals surface area contributed by atoms with Crippen molar-refractivity contribution in [1.29, 1.82) is 0 Å². The molecule has 0 radical (unpaired) electrons. The predicted octanol–water partition coefficient (Wildman–Crippen LogP) is 3.60. The Morgan fingerprint density at radius 1 is 0.955 bits per heavy atom. The minimum atomic E-state index is 0.773. The SMILES string of the molecule is CC[C@@H](C)CN1CCc2c(c3c(c(OC)c2OC)CCC3)C1. The Bertz CT molecular complexity index is 553.